The van der Waals surface area contributed by atoms with Gasteiger partial charge in [0, 0.05) is 19.6 Å². The Bertz CT molecular complexity index is 428. The van der Waals surface area contributed by atoms with E-state index in [4.69, 9.17) is 0 Å². The third kappa shape index (κ3) is 4.32. The van der Waals surface area contributed by atoms with Crippen LogP contribution in [0.4, 0.5) is 0 Å². The van der Waals surface area contributed by atoms with E-state index in [-0.39, 0.29) is 0 Å². The van der Waals surface area contributed by atoms with Crippen LogP contribution in [0.2, 0.25) is 0 Å². The van der Waals surface area contributed by atoms with Gasteiger partial charge >= 0.3 is 0 Å². The molecule has 0 spiro atoms. The van der Waals surface area contributed by atoms with Crippen LogP contribution in [-0.4, -0.2) is 16.3 Å². The highest BCUT2D eigenvalue weighted by Crippen LogP contribution is 2.42. The van der Waals surface area contributed by atoms with Crippen molar-refractivity contribution in [1.82, 2.24) is 15.1 Å². The Morgan fingerprint density at radius 3 is 2.57 bits per heavy atom. The van der Waals surface area contributed by atoms with E-state index in [2.05, 4.69) is 48.9 Å². The molecule has 1 aromatic rings. The molecule has 3 nitrogen and oxygen atoms in total. The Labute approximate surface area is 130 Å². The molecule has 1 heterocycles. The molecule has 0 saturated heterocycles. The van der Waals surface area contributed by atoms with E-state index < -0.39 is 0 Å². The molecule has 0 unspecified atom stereocenters. The molecule has 0 atom stereocenters. The minimum Gasteiger partial charge on any atom is -0.311 e. The van der Waals surface area contributed by atoms with E-state index in [1.165, 1.54) is 50.0 Å². The van der Waals surface area contributed by atoms with Gasteiger partial charge in [0.05, 0.1) is 11.4 Å². The van der Waals surface area contributed by atoms with Gasteiger partial charge in [0.15, 0.2) is 0 Å². The average Bonchev–Trinajstić information content (AvgIpc) is 3.05. The van der Waals surface area contributed by atoms with Crippen LogP contribution in [0.3, 0.4) is 0 Å². The van der Waals surface area contributed by atoms with Crippen molar-refractivity contribution in [3.8, 4) is 0 Å². The maximum absolute atomic E-state index is 4.64. The van der Waals surface area contributed by atoms with E-state index >= 15 is 0 Å². The minimum atomic E-state index is 0.554. The van der Waals surface area contributed by atoms with E-state index in [1.807, 2.05) is 0 Å². The Kier molecular flexibility index (Phi) is 5.86. The first-order valence-corrected chi connectivity index (χ1v) is 8.85. The SMILES string of the molecule is CCc1cc(CNCC2(CC(C)C)CCCC2)n(CC)n1. The number of hydrogen-bond donors (Lipinski definition) is 1. The molecule has 1 aliphatic carbocycles. The third-order valence-corrected chi connectivity index (χ3v) is 4.89. The van der Waals surface area contributed by atoms with Gasteiger partial charge in [-0.3, -0.25) is 4.68 Å². The maximum atomic E-state index is 4.64. The van der Waals surface area contributed by atoms with Crippen LogP contribution < -0.4 is 5.32 Å². The van der Waals surface area contributed by atoms with Gasteiger partial charge in [0.25, 0.3) is 0 Å². The fourth-order valence-electron chi connectivity index (χ4n) is 4.00. The summed E-state index contributed by atoms with van der Waals surface area (Å²) in [5, 5.41) is 8.38. The topological polar surface area (TPSA) is 29.9 Å². The monoisotopic (exact) mass is 291 g/mol. The summed E-state index contributed by atoms with van der Waals surface area (Å²) in [6.45, 7) is 12.2. The predicted molar refractivity (Wildman–Crippen MR) is 89.3 cm³/mol. The first kappa shape index (κ1) is 16.5. The zero-order chi connectivity index (χ0) is 15.3. The summed E-state index contributed by atoms with van der Waals surface area (Å²) in [4.78, 5) is 0. The van der Waals surface area contributed by atoms with Crippen molar-refractivity contribution in [3.05, 3.63) is 17.5 Å². The maximum Gasteiger partial charge on any atom is 0.0625 e. The molecule has 120 valence electrons. The summed E-state index contributed by atoms with van der Waals surface area (Å²) >= 11 is 0. The molecule has 1 aromatic heterocycles. The second kappa shape index (κ2) is 7.44. The number of rotatable bonds is 8. The van der Waals surface area contributed by atoms with Crippen molar-refractivity contribution >= 4 is 0 Å². The molecule has 21 heavy (non-hydrogen) atoms. The predicted octanol–water partition coefficient (Wildman–Crippen LogP) is 4.16. The molecule has 0 aromatic carbocycles. The summed E-state index contributed by atoms with van der Waals surface area (Å²) < 4.78 is 2.15. The molecular formula is C18H33N3. The van der Waals surface area contributed by atoms with Crippen LogP contribution in [0, 0.1) is 11.3 Å². The third-order valence-electron chi connectivity index (χ3n) is 4.89. The van der Waals surface area contributed by atoms with Crippen molar-refractivity contribution < 1.29 is 0 Å². The summed E-state index contributed by atoms with van der Waals surface area (Å²) in [5.41, 5.74) is 3.11. The molecule has 3 heteroatoms. The highest BCUT2D eigenvalue weighted by atomic mass is 15.3. The Hall–Kier alpha value is -0.830. The number of hydrogen-bond acceptors (Lipinski definition) is 2. The molecule has 0 amide bonds. The lowest BCUT2D eigenvalue weighted by Crippen LogP contribution is -2.33. The van der Waals surface area contributed by atoms with Gasteiger partial charge in [-0.1, -0.05) is 33.6 Å². The Morgan fingerprint density at radius 2 is 2.00 bits per heavy atom. The van der Waals surface area contributed by atoms with Gasteiger partial charge in [-0.05, 0) is 50.0 Å². The number of aryl methyl sites for hydroxylation is 2. The minimum absolute atomic E-state index is 0.554. The Balaban J connectivity index is 1.91. The number of nitrogens with one attached hydrogen (secondary N) is 1. The second-order valence-electron chi connectivity index (χ2n) is 7.20. The molecule has 0 bridgehead atoms. The fraction of sp³-hybridized carbons (Fsp3) is 0.833. The smallest absolute Gasteiger partial charge is 0.0625 e. The van der Waals surface area contributed by atoms with Crippen LogP contribution in [-0.2, 0) is 19.5 Å². The van der Waals surface area contributed by atoms with Crippen LogP contribution in [0.15, 0.2) is 6.07 Å². The fourth-order valence-corrected chi connectivity index (χ4v) is 4.00. The lowest BCUT2D eigenvalue weighted by atomic mass is 9.78. The Morgan fingerprint density at radius 1 is 1.29 bits per heavy atom. The first-order chi connectivity index (χ1) is 10.1. The van der Waals surface area contributed by atoms with Crippen LogP contribution in [0.25, 0.3) is 0 Å². The lowest BCUT2D eigenvalue weighted by molar-refractivity contribution is 0.223. The van der Waals surface area contributed by atoms with Crippen molar-refractivity contribution in [2.75, 3.05) is 6.54 Å². The molecule has 0 aliphatic heterocycles. The van der Waals surface area contributed by atoms with Crippen molar-refractivity contribution in [3.63, 3.8) is 0 Å². The lowest BCUT2D eigenvalue weighted by Gasteiger charge is -2.31. The average molecular weight is 291 g/mol. The highest BCUT2D eigenvalue weighted by Gasteiger charge is 2.33. The summed E-state index contributed by atoms with van der Waals surface area (Å²) in [5.74, 6) is 0.803. The van der Waals surface area contributed by atoms with Crippen molar-refractivity contribution in [2.24, 2.45) is 11.3 Å². The second-order valence-corrected chi connectivity index (χ2v) is 7.20. The zero-order valence-electron chi connectivity index (χ0n) is 14.4. The summed E-state index contributed by atoms with van der Waals surface area (Å²) in [7, 11) is 0. The van der Waals surface area contributed by atoms with Crippen LogP contribution >= 0.6 is 0 Å². The van der Waals surface area contributed by atoms with Gasteiger partial charge in [-0.15, -0.1) is 0 Å². The van der Waals surface area contributed by atoms with Gasteiger partial charge in [0.2, 0.25) is 0 Å². The van der Waals surface area contributed by atoms with Crippen molar-refractivity contribution in [2.45, 2.75) is 79.3 Å². The van der Waals surface area contributed by atoms with Gasteiger partial charge in [-0.2, -0.15) is 5.10 Å². The molecule has 1 fully saturated rings. The van der Waals surface area contributed by atoms with E-state index in [1.54, 1.807) is 0 Å². The standard InChI is InChI=1S/C18H33N3/c1-5-16-11-17(21(6-2)20-16)13-19-14-18(12-15(3)4)9-7-8-10-18/h11,15,19H,5-10,12-14H2,1-4H3. The zero-order valence-corrected chi connectivity index (χ0v) is 14.4. The molecule has 1 saturated carbocycles. The van der Waals surface area contributed by atoms with Gasteiger partial charge in [-0.25, -0.2) is 0 Å². The van der Waals surface area contributed by atoms with E-state index in [9.17, 15) is 0 Å². The normalized spacial score (nSPS) is 17.8. The first-order valence-electron chi connectivity index (χ1n) is 8.85. The largest absolute Gasteiger partial charge is 0.311 e. The molecule has 1 aliphatic rings. The molecular weight excluding hydrogens is 258 g/mol. The van der Waals surface area contributed by atoms with Gasteiger partial charge in [0.1, 0.15) is 0 Å². The quantitative estimate of drug-likeness (QED) is 0.779. The van der Waals surface area contributed by atoms with E-state index in [0.29, 0.717) is 5.41 Å². The van der Waals surface area contributed by atoms with E-state index in [0.717, 1.165) is 25.4 Å². The van der Waals surface area contributed by atoms with Crippen molar-refractivity contribution in [1.29, 1.82) is 0 Å². The van der Waals surface area contributed by atoms with Crippen LogP contribution in [0.5, 0.6) is 0 Å². The number of nitrogens with zero attached hydrogens (tertiary/aromatic N) is 2. The summed E-state index contributed by atoms with van der Waals surface area (Å²) in [6, 6.07) is 2.26. The molecule has 1 N–H and O–H groups in total. The molecule has 2 rings (SSSR count). The van der Waals surface area contributed by atoms with Gasteiger partial charge < -0.3 is 5.32 Å². The van der Waals surface area contributed by atoms with Crippen LogP contribution in [0.1, 0.15) is 71.2 Å². The number of aromatic nitrogens is 2. The summed E-state index contributed by atoms with van der Waals surface area (Å²) in [6.07, 6.45) is 8.05. The molecule has 0 radical (unpaired) electrons. The highest BCUT2D eigenvalue weighted by molar-refractivity contribution is 5.10.